The number of ketones is 1. The summed E-state index contributed by atoms with van der Waals surface area (Å²) in [6, 6.07) is 19.4. The molecule has 0 amide bonds. The van der Waals surface area contributed by atoms with Gasteiger partial charge in [-0.2, -0.15) is 0 Å². The van der Waals surface area contributed by atoms with Crippen LogP contribution in [0.3, 0.4) is 0 Å². The third-order valence-corrected chi connectivity index (χ3v) is 5.80. The summed E-state index contributed by atoms with van der Waals surface area (Å²) >= 11 is 1.48. The van der Waals surface area contributed by atoms with Gasteiger partial charge in [0, 0.05) is 11.0 Å². The van der Waals surface area contributed by atoms with E-state index >= 15 is 0 Å². The van der Waals surface area contributed by atoms with Gasteiger partial charge in [-0.1, -0.05) is 93.2 Å². The zero-order chi connectivity index (χ0) is 19.0. The summed E-state index contributed by atoms with van der Waals surface area (Å²) in [6.45, 7) is 6.32. The lowest BCUT2D eigenvalue weighted by Crippen LogP contribution is -2.40. The minimum Gasteiger partial charge on any atom is -0.313 e. The van der Waals surface area contributed by atoms with E-state index in [0.29, 0.717) is 5.56 Å². The zero-order valence-electron chi connectivity index (χ0n) is 15.6. The molecule has 6 heteroatoms. The first-order valence-electron chi connectivity index (χ1n) is 8.98. The third kappa shape index (κ3) is 3.37. The number of carbonyl (C=O) groups is 1. The van der Waals surface area contributed by atoms with Crippen LogP contribution in [0.2, 0.25) is 0 Å². The summed E-state index contributed by atoms with van der Waals surface area (Å²) in [5, 5.41) is 9.12. The molecule has 3 aromatic rings. The van der Waals surface area contributed by atoms with Crippen molar-refractivity contribution in [2.24, 2.45) is 0 Å². The molecule has 2 atom stereocenters. The Balaban J connectivity index is 1.78. The van der Waals surface area contributed by atoms with E-state index in [0.717, 1.165) is 16.5 Å². The van der Waals surface area contributed by atoms with Gasteiger partial charge < -0.3 is 5.43 Å². The number of rotatable bonds is 3. The van der Waals surface area contributed by atoms with Crippen LogP contribution in [-0.2, 0) is 5.41 Å². The molecule has 4 rings (SSSR count). The summed E-state index contributed by atoms with van der Waals surface area (Å²) in [6.07, 6.45) is 0. The van der Waals surface area contributed by atoms with Crippen molar-refractivity contribution in [3.05, 3.63) is 77.6 Å². The minimum atomic E-state index is -0.320. The largest absolute Gasteiger partial charge is 0.313 e. The van der Waals surface area contributed by atoms with Crippen LogP contribution in [0.4, 0.5) is 0 Å². The van der Waals surface area contributed by atoms with E-state index in [1.165, 1.54) is 11.8 Å². The van der Waals surface area contributed by atoms with E-state index in [1.54, 1.807) is 0 Å². The highest BCUT2D eigenvalue weighted by molar-refractivity contribution is 8.00. The number of carbonyl (C=O) groups excluding carboxylic acids is 1. The molecule has 2 aromatic carbocycles. The number of fused-ring (bicyclic) bond motifs is 1. The van der Waals surface area contributed by atoms with Crippen molar-refractivity contribution in [2.75, 3.05) is 5.43 Å². The molecule has 0 saturated heterocycles. The van der Waals surface area contributed by atoms with Gasteiger partial charge in [0.25, 0.3) is 0 Å². The zero-order valence-corrected chi connectivity index (χ0v) is 16.4. The molecule has 138 valence electrons. The van der Waals surface area contributed by atoms with Crippen LogP contribution in [0.25, 0.3) is 0 Å². The van der Waals surface area contributed by atoms with Crippen molar-refractivity contribution in [1.82, 2.24) is 14.9 Å². The van der Waals surface area contributed by atoms with E-state index in [-0.39, 0.29) is 22.5 Å². The average Bonchev–Trinajstić information content (AvgIpc) is 3.11. The lowest BCUT2D eigenvalue weighted by Gasteiger charge is -2.34. The van der Waals surface area contributed by atoms with E-state index in [1.807, 2.05) is 53.2 Å². The Morgan fingerprint density at radius 3 is 2.26 bits per heavy atom. The standard InChI is InChI=1S/C21H22N4OS/c1-21(2,3)19-22-23-20-25(19)24-16(14-10-6-4-7-11-14)18(27-20)17(26)15-12-8-5-9-13-15/h4-13,16,18,24H,1-3H3/t16-,18+/m1/s1. The second-order valence-electron chi connectivity index (χ2n) is 7.68. The molecular weight excluding hydrogens is 356 g/mol. The van der Waals surface area contributed by atoms with Crippen LogP contribution in [0.1, 0.15) is 48.6 Å². The van der Waals surface area contributed by atoms with Crippen LogP contribution in [-0.4, -0.2) is 25.9 Å². The van der Waals surface area contributed by atoms with Crippen molar-refractivity contribution in [3.63, 3.8) is 0 Å². The molecular formula is C21H22N4OS. The van der Waals surface area contributed by atoms with Crippen molar-refractivity contribution >= 4 is 17.5 Å². The van der Waals surface area contributed by atoms with E-state index in [9.17, 15) is 4.79 Å². The van der Waals surface area contributed by atoms with Gasteiger partial charge in [-0.25, -0.2) is 4.68 Å². The number of thioether (sulfide) groups is 1. The lowest BCUT2D eigenvalue weighted by molar-refractivity contribution is 0.0980. The summed E-state index contributed by atoms with van der Waals surface area (Å²) in [5.41, 5.74) is 5.14. The van der Waals surface area contributed by atoms with E-state index < -0.39 is 0 Å². The molecule has 0 unspecified atom stereocenters. The fraction of sp³-hybridized carbons (Fsp3) is 0.286. The second kappa shape index (κ2) is 6.85. The fourth-order valence-electron chi connectivity index (χ4n) is 3.22. The van der Waals surface area contributed by atoms with Crippen LogP contribution in [0, 0.1) is 0 Å². The molecule has 1 aliphatic heterocycles. The molecule has 0 radical (unpaired) electrons. The topological polar surface area (TPSA) is 59.8 Å². The summed E-state index contributed by atoms with van der Waals surface area (Å²) in [4.78, 5) is 13.3. The molecule has 5 nitrogen and oxygen atoms in total. The highest BCUT2D eigenvalue weighted by Gasteiger charge is 2.39. The first kappa shape index (κ1) is 17.8. The molecule has 0 spiro atoms. The molecule has 0 bridgehead atoms. The van der Waals surface area contributed by atoms with Crippen molar-refractivity contribution in [1.29, 1.82) is 0 Å². The first-order valence-corrected chi connectivity index (χ1v) is 9.86. The van der Waals surface area contributed by atoms with Crippen LogP contribution < -0.4 is 5.43 Å². The number of hydrogen-bond acceptors (Lipinski definition) is 5. The van der Waals surface area contributed by atoms with Crippen molar-refractivity contribution < 1.29 is 4.79 Å². The fourth-order valence-corrected chi connectivity index (χ4v) is 4.37. The first-order chi connectivity index (χ1) is 12.9. The van der Waals surface area contributed by atoms with Crippen LogP contribution in [0.5, 0.6) is 0 Å². The second-order valence-corrected chi connectivity index (χ2v) is 8.79. The normalized spacial score (nSPS) is 19.2. The Morgan fingerprint density at radius 1 is 1.00 bits per heavy atom. The SMILES string of the molecule is CC(C)(C)c1nnc2n1N[C@H](c1ccccc1)[C@@H](C(=O)c1ccccc1)S2. The van der Waals surface area contributed by atoms with Crippen molar-refractivity contribution in [3.8, 4) is 0 Å². The summed E-state index contributed by atoms with van der Waals surface area (Å²) in [5.74, 6) is 0.949. The highest BCUT2D eigenvalue weighted by atomic mass is 32.2. The number of aromatic nitrogens is 3. The molecule has 0 fully saturated rings. The summed E-state index contributed by atoms with van der Waals surface area (Å²) < 4.78 is 1.94. The third-order valence-electron chi connectivity index (χ3n) is 4.58. The Bertz CT molecular complexity index is 947. The predicted octanol–water partition coefficient (Wildman–Crippen LogP) is 4.22. The number of hydrogen-bond donors (Lipinski definition) is 1. The number of nitrogens with one attached hydrogen (secondary N) is 1. The number of nitrogens with zero attached hydrogens (tertiary/aromatic N) is 3. The van der Waals surface area contributed by atoms with Gasteiger partial charge in [0.2, 0.25) is 5.16 Å². The molecule has 1 aromatic heterocycles. The minimum absolute atomic E-state index is 0.0912. The Morgan fingerprint density at radius 2 is 1.63 bits per heavy atom. The number of benzene rings is 2. The molecule has 1 N–H and O–H groups in total. The Hall–Kier alpha value is -2.60. The maximum Gasteiger partial charge on any atom is 0.210 e. The molecule has 0 saturated carbocycles. The predicted molar refractivity (Wildman–Crippen MR) is 108 cm³/mol. The molecule has 0 aliphatic carbocycles. The van der Waals surface area contributed by atoms with Crippen LogP contribution >= 0.6 is 11.8 Å². The smallest absolute Gasteiger partial charge is 0.210 e. The number of Topliss-reactive ketones (excluding diaryl/α,β-unsaturated/α-hetero) is 1. The monoisotopic (exact) mass is 378 g/mol. The van der Waals surface area contributed by atoms with Gasteiger partial charge >= 0.3 is 0 Å². The van der Waals surface area contributed by atoms with Crippen molar-refractivity contribution in [2.45, 2.75) is 42.6 Å². The summed E-state index contributed by atoms with van der Waals surface area (Å²) in [7, 11) is 0. The quantitative estimate of drug-likeness (QED) is 0.692. The molecule has 1 aliphatic rings. The van der Waals surface area contributed by atoms with Crippen LogP contribution in [0.15, 0.2) is 65.8 Å². The van der Waals surface area contributed by atoms with E-state index in [2.05, 4.69) is 48.5 Å². The Labute approximate surface area is 163 Å². The van der Waals surface area contributed by atoms with Gasteiger partial charge in [0.1, 0.15) is 5.25 Å². The van der Waals surface area contributed by atoms with E-state index in [4.69, 9.17) is 0 Å². The van der Waals surface area contributed by atoms with Gasteiger partial charge in [-0.05, 0) is 5.56 Å². The van der Waals surface area contributed by atoms with Gasteiger partial charge in [-0.3, -0.25) is 4.79 Å². The van der Waals surface area contributed by atoms with Gasteiger partial charge in [0.05, 0.1) is 6.04 Å². The molecule has 2 heterocycles. The maximum atomic E-state index is 13.3. The lowest BCUT2D eigenvalue weighted by atomic mass is 9.95. The molecule has 27 heavy (non-hydrogen) atoms. The van der Waals surface area contributed by atoms with Gasteiger partial charge in [-0.15, -0.1) is 10.2 Å². The Kier molecular flexibility index (Phi) is 4.52. The average molecular weight is 379 g/mol. The highest BCUT2D eigenvalue weighted by Crippen LogP contribution is 2.39. The van der Waals surface area contributed by atoms with Gasteiger partial charge in [0.15, 0.2) is 11.6 Å². The maximum absolute atomic E-state index is 13.3.